The molecule has 1 aliphatic heterocycles. The predicted octanol–water partition coefficient (Wildman–Crippen LogP) is -3.09. The largest absolute Gasteiger partial charge is 0.762 e. The van der Waals surface area contributed by atoms with Crippen LogP contribution in [-0.4, -0.2) is 80.7 Å². The summed E-state index contributed by atoms with van der Waals surface area (Å²) in [6, 6.07) is 0. The lowest BCUT2D eigenvalue weighted by Gasteiger charge is -2.39. The van der Waals surface area contributed by atoms with Gasteiger partial charge in [0.2, 0.25) is 0 Å². The van der Waals surface area contributed by atoms with Crippen LogP contribution in [-0.2, 0) is 14.3 Å². The monoisotopic (exact) mass is 282 g/mol. The first-order valence-electron chi connectivity index (χ1n) is 5.50. The Bertz CT molecular complexity index is 299. The first-order valence-corrected chi connectivity index (χ1v) is 5.50. The van der Waals surface area contributed by atoms with Gasteiger partial charge in [0.1, 0.15) is 18.3 Å². The second-order valence-electron chi connectivity index (χ2n) is 4.01. The van der Waals surface area contributed by atoms with E-state index in [1.807, 2.05) is 0 Å². The van der Waals surface area contributed by atoms with E-state index in [4.69, 9.17) is 15.1 Å². The van der Waals surface area contributed by atoms with Crippen LogP contribution in [0.5, 0.6) is 0 Å². The summed E-state index contributed by atoms with van der Waals surface area (Å²) in [6.07, 6.45) is -8.16. The van der Waals surface area contributed by atoms with Gasteiger partial charge in [-0.25, -0.2) is 0 Å². The molecule has 1 aliphatic rings. The zero-order valence-electron chi connectivity index (χ0n) is 9.82. The topological polar surface area (TPSA) is 163 Å². The molecule has 0 aromatic heterocycles. The van der Waals surface area contributed by atoms with Gasteiger partial charge in [-0.2, -0.15) is 0 Å². The number of carbonyl (C=O) groups is 1. The van der Waals surface area contributed by atoms with Gasteiger partial charge in [-0.3, -0.25) is 10.0 Å². The Labute approximate surface area is 107 Å². The maximum Gasteiger partial charge on any atom is 0.307 e. The minimum Gasteiger partial charge on any atom is -0.762 e. The Balaban J connectivity index is 2.59. The first-order chi connectivity index (χ1) is 8.86. The highest BCUT2D eigenvalue weighted by Crippen LogP contribution is 2.22. The van der Waals surface area contributed by atoms with Gasteiger partial charge in [-0.1, -0.05) is 0 Å². The first kappa shape index (κ1) is 16.2. The molecule has 10 nitrogen and oxygen atoms in total. The molecule has 0 radical (unpaired) electrons. The molecular weight excluding hydrogens is 266 g/mol. The van der Waals surface area contributed by atoms with Crippen molar-refractivity contribution in [3.8, 4) is 0 Å². The number of nitrogens with zero attached hydrogens (tertiary/aromatic N) is 1. The van der Waals surface area contributed by atoms with E-state index in [9.17, 15) is 25.3 Å². The molecule has 10 heteroatoms. The zero-order chi connectivity index (χ0) is 14.6. The van der Waals surface area contributed by atoms with Gasteiger partial charge in [0.25, 0.3) is 0 Å². The highest BCUT2D eigenvalue weighted by atomic mass is 16.8. The summed E-state index contributed by atoms with van der Waals surface area (Å²) in [4.78, 5) is 11.3. The van der Waals surface area contributed by atoms with E-state index < -0.39 is 61.5 Å². The number of rotatable bonds is 5. The summed E-state index contributed by atoms with van der Waals surface area (Å²) in [5, 5.41) is 55.5. The molecule has 112 valence electrons. The molecule has 0 bridgehead atoms. The average Bonchev–Trinajstić information content (AvgIpc) is 2.36. The Morgan fingerprint density at radius 1 is 1.32 bits per heavy atom. The van der Waals surface area contributed by atoms with Gasteiger partial charge in [0, 0.05) is 6.54 Å². The van der Waals surface area contributed by atoms with E-state index in [1.54, 1.807) is 0 Å². The molecule has 19 heavy (non-hydrogen) atoms. The van der Waals surface area contributed by atoms with E-state index in [0.29, 0.717) is 0 Å². The highest BCUT2D eigenvalue weighted by molar-refractivity contribution is 5.69. The number of esters is 1. The Morgan fingerprint density at radius 3 is 2.47 bits per heavy atom. The molecule has 0 saturated carbocycles. The summed E-state index contributed by atoms with van der Waals surface area (Å²) in [5.74, 6) is -0.969. The van der Waals surface area contributed by atoms with Gasteiger partial charge in [-0.15, -0.1) is 0 Å². The van der Waals surface area contributed by atoms with E-state index in [2.05, 4.69) is 4.74 Å². The molecule has 0 spiro atoms. The molecule has 1 fully saturated rings. The lowest BCUT2D eigenvalue weighted by Crippen LogP contribution is -2.59. The maximum absolute atomic E-state index is 11.3. The van der Waals surface area contributed by atoms with Crippen LogP contribution in [0.1, 0.15) is 6.42 Å². The van der Waals surface area contributed by atoms with Gasteiger partial charge in [-0.05, 0) is 0 Å². The minimum atomic E-state index is -1.73. The highest BCUT2D eigenvalue weighted by Gasteiger charge is 2.45. The van der Waals surface area contributed by atoms with Crippen LogP contribution in [0, 0.1) is 5.21 Å². The molecule has 0 aromatic rings. The third-order valence-electron chi connectivity index (χ3n) is 2.62. The van der Waals surface area contributed by atoms with Crippen LogP contribution < -0.4 is 0 Å². The summed E-state index contributed by atoms with van der Waals surface area (Å²) in [6.45, 7) is -1.19. The molecule has 0 amide bonds. The Hall–Kier alpha value is -0.850. The smallest absolute Gasteiger partial charge is 0.307 e. The van der Waals surface area contributed by atoms with Crippen molar-refractivity contribution in [2.75, 3.05) is 13.2 Å². The van der Waals surface area contributed by atoms with Crippen molar-refractivity contribution in [1.82, 2.24) is 5.23 Å². The third kappa shape index (κ3) is 4.33. The lowest BCUT2D eigenvalue weighted by atomic mass is 9.99. The Kier molecular flexibility index (Phi) is 6.03. The van der Waals surface area contributed by atoms with Crippen molar-refractivity contribution >= 4 is 5.97 Å². The average molecular weight is 282 g/mol. The number of aliphatic hydroxyl groups excluding tert-OH is 4. The number of aliphatic hydroxyl groups is 4. The van der Waals surface area contributed by atoms with Gasteiger partial charge >= 0.3 is 5.97 Å². The maximum atomic E-state index is 11.3. The fourth-order valence-electron chi connectivity index (χ4n) is 1.60. The fraction of sp³-hybridized carbons (Fsp3) is 0.889. The molecule has 1 heterocycles. The van der Waals surface area contributed by atoms with Crippen molar-refractivity contribution in [2.24, 2.45) is 0 Å². The molecular formula is C9H16NO9-. The zero-order valence-corrected chi connectivity index (χ0v) is 9.82. The van der Waals surface area contributed by atoms with Crippen LogP contribution in [0.15, 0.2) is 0 Å². The van der Waals surface area contributed by atoms with Gasteiger partial charge < -0.3 is 40.3 Å². The number of hydroxylamine groups is 2. The van der Waals surface area contributed by atoms with Crippen molar-refractivity contribution in [3.05, 3.63) is 5.21 Å². The van der Waals surface area contributed by atoms with E-state index in [0.717, 1.165) is 0 Å². The molecule has 0 unspecified atom stereocenters. The van der Waals surface area contributed by atoms with Crippen molar-refractivity contribution < 1.29 is 39.9 Å². The second-order valence-corrected chi connectivity index (χ2v) is 4.01. The number of carbonyl (C=O) groups excluding carboxylic acids is 1. The number of hydrogen-bond acceptors (Lipinski definition) is 10. The van der Waals surface area contributed by atoms with Crippen molar-refractivity contribution in [3.63, 3.8) is 0 Å². The van der Waals surface area contributed by atoms with Crippen LogP contribution in [0.3, 0.4) is 0 Å². The van der Waals surface area contributed by atoms with Gasteiger partial charge in [0.15, 0.2) is 12.4 Å². The normalized spacial score (nSPS) is 35.4. The third-order valence-corrected chi connectivity index (χ3v) is 2.62. The van der Waals surface area contributed by atoms with Crippen LogP contribution in [0.25, 0.3) is 0 Å². The molecule has 5 N–H and O–H groups in total. The molecule has 1 rings (SSSR count). The predicted molar refractivity (Wildman–Crippen MR) is 56.3 cm³/mol. The Morgan fingerprint density at radius 2 is 1.95 bits per heavy atom. The van der Waals surface area contributed by atoms with E-state index in [-0.39, 0.29) is 0 Å². The van der Waals surface area contributed by atoms with Gasteiger partial charge in [0.05, 0.1) is 13.0 Å². The standard InChI is InChI=1S/C9H16NO9/c11-3-4-6(13)8(7(14)9(15)18-4)19-5(12)1-2-10(16)17/h4,6-9,11,13-16H,1-3H2/q-1/t4-,6-,7-,8+,9+/m1/s1. The SMILES string of the molecule is O=C(CCN([O-])O)O[C@@H]1[C@@H](O)[C@@H](O)O[C@H](CO)[C@H]1O. The van der Waals surface area contributed by atoms with Crippen molar-refractivity contribution in [1.29, 1.82) is 0 Å². The minimum absolute atomic E-state index is 0.469. The van der Waals surface area contributed by atoms with E-state index >= 15 is 0 Å². The summed E-state index contributed by atoms with van der Waals surface area (Å²) < 4.78 is 9.39. The lowest BCUT2D eigenvalue weighted by molar-refractivity contribution is -0.290. The molecule has 1 saturated heterocycles. The number of hydrogen-bond donors (Lipinski definition) is 5. The molecule has 5 atom stereocenters. The fourth-order valence-corrected chi connectivity index (χ4v) is 1.60. The van der Waals surface area contributed by atoms with Crippen LogP contribution >= 0.6 is 0 Å². The summed E-state index contributed by atoms with van der Waals surface area (Å²) >= 11 is 0. The molecule has 0 aliphatic carbocycles. The van der Waals surface area contributed by atoms with E-state index in [1.165, 1.54) is 0 Å². The van der Waals surface area contributed by atoms with Crippen LogP contribution in [0.4, 0.5) is 0 Å². The quantitative estimate of drug-likeness (QED) is 0.258. The summed E-state index contributed by atoms with van der Waals surface area (Å²) in [5.41, 5.74) is 0. The van der Waals surface area contributed by atoms with Crippen LogP contribution in [0.2, 0.25) is 0 Å². The molecule has 0 aromatic carbocycles. The summed E-state index contributed by atoms with van der Waals surface area (Å²) in [7, 11) is 0. The second kappa shape index (κ2) is 7.07. The van der Waals surface area contributed by atoms with Crippen molar-refractivity contribution in [2.45, 2.75) is 37.1 Å². The number of ether oxygens (including phenoxy) is 2.